The molecule has 5 rings (SSSR count). The summed E-state index contributed by atoms with van der Waals surface area (Å²) in [6, 6.07) is 26.3. The summed E-state index contributed by atoms with van der Waals surface area (Å²) in [6.07, 6.45) is 2.20. The monoisotopic (exact) mass is 631 g/mol. The van der Waals surface area contributed by atoms with Crippen LogP contribution in [0.1, 0.15) is 22.6 Å². The minimum atomic E-state index is -1.53. The Morgan fingerprint density at radius 3 is 2.14 bits per heavy atom. The molecule has 0 heterocycles. The third-order valence-corrected chi connectivity index (χ3v) is 6.85. The molecule has 2 nitrogen and oxygen atoms in total. The van der Waals surface area contributed by atoms with Crippen LogP contribution in [0.15, 0.2) is 78.6 Å². The van der Waals surface area contributed by atoms with E-state index < -0.39 is 8.32 Å². The Morgan fingerprint density at radius 2 is 1.42 bits per heavy atom. The zero-order valence-electron chi connectivity index (χ0n) is 21.6. The number of halogens is 2. The number of fused-ring (bicyclic) bond motifs is 4. The summed E-state index contributed by atoms with van der Waals surface area (Å²) in [4.78, 5) is 0. The summed E-state index contributed by atoms with van der Waals surface area (Å²) < 4.78 is 12.3. The molecule has 0 aromatic heterocycles. The van der Waals surface area contributed by atoms with E-state index in [0.717, 1.165) is 5.76 Å². The van der Waals surface area contributed by atoms with Gasteiger partial charge in [-0.2, -0.15) is 0 Å². The van der Waals surface area contributed by atoms with E-state index >= 15 is 0 Å². The number of ether oxygens (including phenoxy) is 1. The third-order valence-electron chi connectivity index (χ3n) is 5.78. The number of allylic oxidation sites excluding steroid dienone is 1. The van der Waals surface area contributed by atoms with Gasteiger partial charge in [0, 0.05) is 5.92 Å². The van der Waals surface area contributed by atoms with E-state index in [-0.39, 0.29) is 45.6 Å². The molecule has 0 saturated heterocycles. The Labute approximate surface area is 247 Å². The van der Waals surface area contributed by atoms with Gasteiger partial charge >= 0.3 is 30.2 Å². The van der Waals surface area contributed by atoms with Crippen LogP contribution in [0.25, 0.3) is 27.6 Å². The van der Waals surface area contributed by atoms with Gasteiger partial charge in [-0.25, -0.2) is 0 Å². The molecule has 0 aliphatic heterocycles. The van der Waals surface area contributed by atoms with Gasteiger partial charge in [0.1, 0.15) is 12.4 Å². The molecule has 0 N–H and O–H groups in total. The molecule has 0 bridgehead atoms. The van der Waals surface area contributed by atoms with Crippen molar-refractivity contribution < 1.29 is 32.5 Å². The van der Waals surface area contributed by atoms with Crippen molar-refractivity contribution in [1.29, 1.82) is 0 Å². The Morgan fingerprint density at radius 1 is 0.806 bits per heavy atom. The van der Waals surface area contributed by atoms with Crippen molar-refractivity contribution in [3.05, 3.63) is 110 Å². The maximum absolute atomic E-state index is 6.33. The van der Waals surface area contributed by atoms with Gasteiger partial charge < -0.3 is 24.0 Å². The van der Waals surface area contributed by atoms with Gasteiger partial charge in [-0.05, 0) is 36.8 Å². The second-order valence-electron chi connectivity index (χ2n) is 8.96. The number of rotatable bonds is 6. The van der Waals surface area contributed by atoms with E-state index in [4.69, 9.17) is 9.16 Å². The molecular formula is C29H35Cl2O2Si2Zr-3. The number of hydrogen-bond acceptors (Lipinski definition) is 2. The molecule has 1 aliphatic rings. The zero-order chi connectivity index (χ0) is 22.7. The van der Waals surface area contributed by atoms with Crippen LogP contribution in [0, 0.1) is 14.9 Å². The molecule has 7 heteroatoms. The van der Waals surface area contributed by atoms with Crippen LogP contribution in [-0.4, -0.2) is 28.4 Å². The molecule has 192 valence electrons. The number of hydrogen-bond donors (Lipinski definition) is 0. The summed E-state index contributed by atoms with van der Waals surface area (Å²) in [5.74, 6) is 1.14. The summed E-state index contributed by atoms with van der Waals surface area (Å²) in [6.45, 7) is 10.9. The van der Waals surface area contributed by atoms with E-state index in [9.17, 15) is 0 Å². The predicted molar refractivity (Wildman–Crippen MR) is 162 cm³/mol. The molecule has 36 heavy (non-hydrogen) atoms. The maximum atomic E-state index is 6.33. The van der Waals surface area contributed by atoms with Crippen LogP contribution in [0.3, 0.4) is 0 Å². The van der Waals surface area contributed by atoms with Crippen molar-refractivity contribution in [2.24, 2.45) is 0 Å². The SMILES string of the molecule is C[Si](C)(C)OCCOC1=Cc2ccccc2C1c1cccc2c1[cH-]c1ccccc12.Cl.Cl.[CH3-].[CH3-].[Si]=[Zr]. The van der Waals surface area contributed by atoms with Crippen LogP contribution in [0.2, 0.25) is 19.6 Å². The summed E-state index contributed by atoms with van der Waals surface area (Å²) in [5.41, 5.74) is 3.87. The summed E-state index contributed by atoms with van der Waals surface area (Å²) in [7, 11) is -1.53. The van der Waals surface area contributed by atoms with Crippen molar-refractivity contribution in [2.45, 2.75) is 25.6 Å². The van der Waals surface area contributed by atoms with E-state index in [2.05, 4.69) is 105 Å². The Hall–Kier alpha value is -1.07. The van der Waals surface area contributed by atoms with Gasteiger partial charge in [0.05, 0.1) is 6.61 Å². The number of benzene rings is 3. The first-order chi connectivity index (χ1) is 15.5. The molecule has 2 radical (unpaired) electrons. The average Bonchev–Trinajstić information content (AvgIpc) is 3.35. The van der Waals surface area contributed by atoms with Gasteiger partial charge in [-0.15, -0.1) is 58.5 Å². The molecule has 1 atom stereocenters. The second-order valence-corrected chi connectivity index (χ2v) is 13.5. The van der Waals surface area contributed by atoms with Crippen LogP contribution in [-0.2, 0) is 32.5 Å². The Kier molecular flexibility index (Phi) is 14.9. The van der Waals surface area contributed by atoms with Crippen molar-refractivity contribution in [1.82, 2.24) is 0 Å². The zero-order valence-corrected chi connectivity index (χ0v) is 27.7. The molecular weight excluding hydrogens is 599 g/mol. The molecule has 0 fully saturated rings. The molecule has 0 spiro atoms. The predicted octanol–water partition coefficient (Wildman–Crippen LogP) is 8.43. The second kappa shape index (κ2) is 15.4. The third kappa shape index (κ3) is 7.49. The van der Waals surface area contributed by atoms with Gasteiger partial charge in [0.25, 0.3) is 0 Å². The fraction of sp³-hybridized carbons (Fsp3) is 0.207. The van der Waals surface area contributed by atoms with Crippen LogP contribution >= 0.6 is 24.8 Å². The van der Waals surface area contributed by atoms with E-state index in [1.54, 1.807) is 0 Å². The van der Waals surface area contributed by atoms with Gasteiger partial charge in [-0.3, -0.25) is 0 Å². The molecule has 1 aliphatic carbocycles. The average molecular weight is 634 g/mol. The van der Waals surface area contributed by atoms with Crippen LogP contribution < -0.4 is 0 Å². The Balaban J connectivity index is 0.00000199. The van der Waals surface area contributed by atoms with Crippen molar-refractivity contribution in [3.63, 3.8) is 0 Å². The first kappa shape index (κ1) is 34.9. The molecule has 0 saturated carbocycles. The van der Waals surface area contributed by atoms with E-state index in [1.807, 2.05) is 0 Å². The van der Waals surface area contributed by atoms with E-state index in [0.29, 0.717) is 13.2 Å². The van der Waals surface area contributed by atoms with Gasteiger partial charge in [0.2, 0.25) is 0 Å². The molecule has 0 amide bonds. The van der Waals surface area contributed by atoms with E-state index in [1.165, 1.54) is 61.6 Å². The van der Waals surface area contributed by atoms with Crippen LogP contribution in [0.4, 0.5) is 0 Å². The standard InChI is InChI=1S/C27H27O2Si.2CH3.2ClH.Si.Zr/c1-30(2,3)29-16-15-28-26-18-20-10-5-7-12-22(20)27(26)24-14-8-13-23-21-11-6-4-9-19(21)17-25(23)24;;;;;;/h4-14,17-18,27H,15-16H2,1-3H3;2*1H3;2*1H;;/q3*-1;;;;. The van der Waals surface area contributed by atoms with Crippen molar-refractivity contribution in [2.75, 3.05) is 13.2 Å². The first-order valence-electron chi connectivity index (χ1n) is 10.9. The van der Waals surface area contributed by atoms with Gasteiger partial charge in [0.15, 0.2) is 8.32 Å². The normalized spacial score (nSPS) is 13.5. The molecule has 4 aromatic rings. The minimum absolute atomic E-state index is 0. The van der Waals surface area contributed by atoms with Crippen LogP contribution in [0.5, 0.6) is 0 Å². The Bertz CT molecular complexity index is 1280. The summed E-state index contributed by atoms with van der Waals surface area (Å²) >= 11 is 1.36. The molecule has 4 aromatic carbocycles. The van der Waals surface area contributed by atoms with Crippen molar-refractivity contribution in [3.8, 4) is 0 Å². The summed E-state index contributed by atoms with van der Waals surface area (Å²) in [5, 5.41) is 5.24. The fourth-order valence-corrected chi connectivity index (χ4v) is 5.20. The molecule has 1 unspecified atom stereocenters. The van der Waals surface area contributed by atoms with Gasteiger partial charge in [-0.1, -0.05) is 66.2 Å². The first-order valence-corrected chi connectivity index (χ1v) is 18.5. The quantitative estimate of drug-likeness (QED) is 0.121. The topological polar surface area (TPSA) is 18.5 Å². The fourth-order valence-electron chi connectivity index (χ4n) is 4.50. The van der Waals surface area contributed by atoms with Crippen molar-refractivity contribution >= 4 is 67.6 Å².